The third-order valence-electron chi connectivity index (χ3n) is 3.70. The molecule has 1 aromatic carbocycles. The second-order valence-corrected chi connectivity index (χ2v) is 6.29. The van der Waals surface area contributed by atoms with Gasteiger partial charge in [-0.15, -0.1) is 0 Å². The molecule has 138 valence electrons. The monoisotopic (exact) mass is 454 g/mol. The summed E-state index contributed by atoms with van der Waals surface area (Å²) >= 11 is 9.09. The average Bonchev–Trinajstić information content (AvgIpc) is 2.97. The normalized spacial score (nSPS) is 12.1. The van der Waals surface area contributed by atoms with Gasteiger partial charge in [0.1, 0.15) is 17.1 Å². The van der Waals surface area contributed by atoms with Crippen LogP contribution in [0.15, 0.2) is 32.2 Å². The second-order valence-electron chi connectivity index (χ2n) is 5.32. The maximum absolute atomic E-state index is 14.5. The lowest BCUT2D eigenvalue weighted by molar-refractivity contribution is -0.144. The molecule has 3 aromatic rings. The quantitative estimate of drug-likeness (QED) is 0.434. The number of hydrogen-bond donors (Lipinski definition) is 0. The van der Waals surface area contributed by atoms with Crippen LogP contribution in [-0.4, -0.2) is 9.13 Å². The van der Waals surface area contributed by atoms with Gasteiger partial charge in [0.05, 0.1) is 10.4 Å². The van der Waals surface area contributed by atoms with E-state index in [1.54, 1.807) is 0 Å². The van der Waals surface area contributed by atoms with Crippen LogP contribution in [0.4, 0.5) is 17.6 Å². The predicted molar refractivity (Wildman–Crippen MR) is 89.7 cm³/mol. The van der Waals surface area contributed by atoms with Crippen molar-refractivity contribution in [2.24, 2.45) is 7.05 Å². The molecular formula is C15H8BrClF4N2O3. The third-order valence-corrected chi connectivity index (χ3v) is 4.57. The summed E-state index contributed by atoms with van der Waals surface area (Å²) in [5, 5.41) is 0.416. The van der Waals surface area contributed by atoms with E-state index in [0.29, 0.717) is 5.76 Å². The Morgan fingerprint density at radius 3 is 2.46 bits per heavy atom. The largest absolute Gasteiger partial charge is 0.458 e. The Morgan fingerprint density at radius 2 is 1.88 bits per heavy atom. The minimum atomic E-state index is -4.92. The van der Waals surface area contributed by atoms with Gasteiger partial charge in [-0.25, -0.2) is 13.8 Å². The fraction of sp³-hybridized carbons (Fsp3) is 0.200. The molecule has 0 bridgehead atoms. The van der Waals surface area contributed by atoms with Crippen LogP contribution in [-0.2, 0) is 18.6 Å². The number of fused-ring (bicyclic) bond motifs is 1. The summed E-state index contributed by atoms with van der Waals surface area (Å²) < 4.78 is 59.3. The molecule has 0 fully saturated rings. The van der Waals surface area contributed by atoms with Crippen LogP contribution in [0, 0.1) is 5.82 Å². The third kappa shape index (κ3) is 2.86. The number of furan rings is 1. The summed E-state index contributed by atoms with van der Waals surface area (Å²) in [5.74, 6) is -0.762. The fourth-order valence-corrected chi connectivity index (χ4v) is 3.05. The Balaban J connectivity index is 2.46. The SMILES string of the molecule is Cn1c(C(F)(F)F)cc(=O)n(-c2c(F)cc(Cl)c3cc(CBr)oc23)c1=O. The molecule has 0 saturated carbocycles. The summed E-state index contributed by atoms with van der Waals surface area (Å²) in [4.78, 5) is 24.6. The van der Waals surface area contributed by atoms with Gasteiger partial charge in [-0.3, -0.25) is 9.36 Å². The summed E-state index contributed by atoms with van der Waals surface area (Å²) in [5.41, 5.74) is -4.99. The molecule has 0 saturated heterocycles. The van der Waals surface area contributed by atoms with Gasteiger partial charge in [-0.05, 0) is 12.1 Å². The van der Waals surface area contributed by atoms with Crippen molar-refractivity contribution in [3.8, 4) is 5.69 Å². The lowest BCUT2D eigenvalue weighted by Crippen LogP contribution is -2.41. The van der Waals surface area contributed by atoms with Gasteiger partial charge in [0.15, 0.2) is 11.4 Å². The van der Waals surface area contributed by atoms with Crippen molar-refractivity contribution < 1.29 is 22.0 Å². The number of alkyl halides is 4. The number of aromatic nitrogens is 2. The maximum atomic E-state index is 14.5. The molecular weight excluding hydrogens is 448 g/mol. The van der Waals surface area contributed by atoms with Crippen molar-refractivity contribution in [1.29, 1.82) is 0 Å². The molecule has 5 nitrogen and oxygen atoms in total. The molecule has 0 atom stereocenters. The van der Waals surface area contributed by atoms with Crippen LogP contribution in [0.3, 0.4) is 0 Å². The van der Waals surface area contributed by atoms with Crippen LogP contribution in [0.25, 0.3) is 16.7 Å². The van der Waals surface area contributed by atoms with Crippen molar-refractivity contribution >= 4 is 38.5 Å². The van der Waals surface area contributed by atoms with E-state index < -0.39 is 34.6 Å². The molecule has 2 heterocycles. The molecule has 0 unspecified atom stereocenters. The topological polar surface area (TPSA) is 57.1 Å². The molecule has 2 aromatic heterocycles. The Kier molecular flexibility index (Phi) is 4.51. The van der Waals surface area contributed by atoms with E-state index >= 15 is 0 Å². The first kappa shape index (κ1) is 18.7. The van der Waals surface area contributed by atoms with E-state index in [2.05, 4.69) is 15.9 Å². The summed E-state index contributed by atoms with van der Waals surface area (Å²) in [6.45, 7) is 0. The molecule has 0 amide bonds. The first-order chi connectivity index (χ1) is 12.1. The van der Waals surface area contributed by atoms with E-state index in [4.69, 9.17) is 16.0 Å². The highest BCUT2D eigenvalue weighted by atomic mass is 79.9. The van der Waals surface area contributed by atoms with Gasteiger partial charge < -0.3 is 4.42 Å². The minimum absolute atomic E-state index is 0.0333. The van der Waals surface area contributed by atoms with E-state index in [9.17, 15) is 27.2 Å². The van der Waals surface area contributed by atoms with Crippen molar-refractivity contribution in [3.05, 3.63) is 61.3 Å². The van der Waals surface area contributed by atoms with Gasteiger partial charge in [-0.1, -0.05) is 27.5 Å². The average molecular weight is 456 g/mol. The van der Waals surface area contributed by atoms with E-state index in [0.717, 1.165) is 13.1 Å². The highest BCUT2D eigenvalue weighted by Crippen LogP contribution is 2.34. The molecule has 0 N–H and O–H groups in total. The summed E-state index contributed by atoms with van der Waals surface area (Å²) in [6, 6.07) is 2.54. The van der Waals surface area contributed by atoms with Crippen LogP contribution < -0.4 is 11.2 Å². The highest BCUT2D eigenvalue weighted by Gasteiger charge is 2.35. The standard InChI is InChI=1S/C15H8BrClF4N2O3/c1-22-10(15(19,20)21)4-11(24)23(14(22)25)12-9(18)3-8(17)7-2-6(5-16)26-13(7)12/h2-4H,5H2,1H3. The van der Waals surface area contributed by atoms with Crippen molar-refractivity contribution in [3.63, 3.8) is 0 Å². The minimum Gasteiger partial charge on any atom is -0.458 e. The zero-order valence-electron chi connectivity index (χ0n) is 12.8. The molecule has 3 rings (SSSR count). The molecule has 0 aliphatic heterocycles. The first-order valence-corrected chi connectivity index (χ1v) is 8.43. The molecule has 0 radical (unpaired) electrons. The molecule has 11 heteroatoms. The molecule has 0 aliphatic carbocycles. The molecule has 0 spiro atoms. The van der Waals surface area contributed by atoms with E-state index in [1.165, 1.54) is 6.07 Å². The summed E-state index contributed by atoms with van der Waals surface area (Å²) in [7, 11) is 0.832. The van der Waals surface area contributed by atoms with Crippen LogP contribution in [0.5, 0.6) is 0 Å². The van der Waals surface area contributed by atoms with E-state index in [-0.39, 0.29) is 36.5 Å². The number of nitrogens with zero attached hydrogens (tertiary/aromatic N) is 2. The molecule has 0 aliphatic rings. The lowest BCUT2D eigenvalue weighted by atomic mass is 10.2. The number of hydrogen-bond acceptors (Lipinski definition) is 3. The van der Waals surface area contributed by atoms with Crippen LogP contribution in [0.1, 0.15) is 11.5 Å². The van der Waals surface area contributed by atoms with Crippen LogP contribution in [0.2, 0.25) is 5.02 Å². The van der Waals surface area contributed by atoms with Crippen molar-refractivity contribution in [1.82, 2.24) is 9.13 Å². The molecule has 26 heavy (non-hydrogen) atoms. The fourth-order valence-electron chi connectivity index (χ4n) is 2.54. The second kappa shape index (κ2) is 6.27. The number of benzene rings is 1. The van der Waals surface area contributed by atoms with Gasteiger partial charge in [0.2, 0.25) is 0 Å². The Hall–Kier alpha value is -2.07. The number of halogens is 6. The Morgan fingerprint density at radius 1 is 1.23 bits per heavy atom. The van der Waals surface area contributed by atoms with Gasteiger partial charge in [-0.2, -0.15) is 13.2 Å². The van der Waals surface area contributed by atoms with Gasteiger partial charge in [0, 0.05) is 18.5 Å². The van der Waals surface area contributed by atoms with Gasteiger partial charge >= 0.3 is 11.9 Å². The number of rotatable bonds is 2. The van der Waals surface area contributed by atoms with Crippen LogP contribution >= 0.6 is 27.5 Å². The zero-order chi connectivity index (χ0) is 19.4. The van der Waals surface area contributed by atoms with E-state index in [1.807, 2.05) is 0 Å². The van der Waals surface area contributed by atoms with Crippen molar-refractivity contribution in [2.45, 2.75) is 11.5 Å². The Bertz CT molecular complexity index is 1150. The zero-order valence-corrected chi connectivity index (χ0v) is 15.2. The lowest BCUT2D eigenvalue weighted by Gasteiger charge is -2.14. The first-order valence-electron chi connectivity index (χ1n) is 6.93. The highest BCUT2D eigenvalue weighted by molar-refractivity contribution is 9.08. The Labute approximate surface area is 155 Å². The maximum Gasteiger partial charge on any atom is 0.431 e. The predicted octanol–water partition coefficient (Wildman–Crippen LogP) is 3.99. The smallest absolute Gasteiger partial charge is 0.431 e. The van der Waals surface area contributed by atoms with Crippen molar-refractivity contribution in [2.75, 3.05) is 0 Å². The summed E-state index contributed by atoms with van der Waals surface area (Å²) in [6.07, 6.45) is -4.92. The van der Waals surface area contributed by atoms with Gasteiger partial charge in [0.25, 0.3) is 5.56 Å².